The zero-order chi connectivity index (χ0) is 28.2. The van der Waals surface area contributed by atoms with Crippen molar-refractivity contribution >= 4 is 17.5 Å². The Balaban J connectivity index is 1.63. The molecule has 3 aliphatic carbocycles. The van der Waals surface area contributed by atoms with E-state index in [9.17, 15) is 34.8 Å². The van der Waals surface area contributed by atoms with Crippen molar-refractivity contribution in [2.75, 3.05) is 7.11 Å². The van der Waals surface area contributed by atoms with E-state index in [4.69, 9.17) is 10.5 Å². The summed E-state index contributed by atoms with van der Waals surface area (Å²) in [4.78, 5) is 38.8. The van der Waals surface area contributed by atoms with Gasteiger partial charge in [-0.25, -0.2) is 0 Å². The molecule has 0 radical (unpaired) electrons. The van der Waals surface area contributed by atoms with E-state index in [1.165, 1.54) is 0 Å². The second kappa shape index (κ2) is 9.33. The van der Waals surface area contributed by atoms with Gasteiger partial charge in [0.25, 0.3) is 5.91 Å². The first-order valence-electron chi connectivity index (χ1n) is 12.5. The number of phenolic OH excluding ortho intramolecular Hbond substituents is 1. The summed E-state index contributed by atoms with van der Waals surface area (Å²) in [6.07, 6.45) is 0.631. The molecule has 0 saturated carbocycles. The van der Waals surface area contributed by atoms with Gasteiger partial charge in [-0.3, -0.25) is 14.4 Å². The molecule has 39 heavy (non-hydrogen) atoms. The van der Waals surface area contributed by atoms with Gasteiger partial charge in [0.15, 0.2) is 11.4 Å². The maximum atomic E-state index is 13.8. The molecule has 0 aliphatic heterocycles. The maximum Gasteiger partial charge on any atom is 0.255 e. The molecule has 0 aromatic heterocycles. The van der Waals surface area contributed by atoms with Gasteiger partial charge in [-0.1, -0.05) is 18.8 Å². The van der Waals surface area contributed by atoms with Crippen LogP contribution in [-0.2, 0) is 22.4 Å². The summed E-state index contributed by atoms with van der Waals surface area (Å²) in [5.41, 5.74) is 3.92. The number of aliphatic hydroxyl groups excluding tert-OH is 2. The number of allylic oxidation sites excluding steroid dienone is 2. The number of aliphatic hydroxyl groups is 3. The van der Waals surface area contributed by atoms with Crippen LogP contribution in [0.3, 0.4) is 0 Å². The minimum Gasteiger partial charge on any atom is -0.511 e. The predicted molar refractivity (Wildman–Crippen MR) is 139 cm³/mol. The number of aromatic hydroxyl groups is 1. The lowest BCUT2D eigenvalue weighted by Gasteiger charge is -2.45. The Labute approximate surface area is 224 Å². The number of ether oxygens (including phenoxy) is 1. The van der Waals surface area contributed by atoms with E-state index < -0.39 is 52.0 Å². The summed E-state index contributed by atoms with van der Waals surface area (Å²) in [7, 11) is 1.55. The average molecular weight is 530 g/mol. The highest BCUT2D eigenvalue weighted by atomic mass is 16.5. The van der Waals surface area contributed by atoms with E-state index in [2.05, 4.69) is 11.8 Å². The van der Waals surface area contributed by atoms with Crippen molar-refractivity contribution in [3.05, 3.63) is 80.8 Å². The quantitative estimate of drug-likeness (QED) is 0.299. The molecule has 0 unspecified atom stereocenters. The number of rotatable bonds is 3. The first-order valence-corrected chi connectivity index (χ1v) is 12.5. The molecule has 2 aromatic carbocycles. The predicted octanol–water partition coefficient (Wildman–Crippen LogP) is 2.55. The number of carbonyl (C=O) groups is 3. The highest BCUT2D eigenvalue weighted by Crippen LogP contribution is 2.52. The van der Waals surface area contributed by atoms with Gasteiger partial charge < -0.3 is 30.9 Å². The normalized spacial score (nSPS) is 23.9. The molecule has 9 nitrogen and oxygen atoms in total. The van der Waals surface area contributed by atoms with E-state index in [1.54, 1.807) is 37.4 Å². The van der Waals surface area contributed by atoms with Gasteiger partial charge >= 0.3 is 0 Å². The van der Waals surface area contributed by atoms with Crippen LogP contribution >= 0.6 is 0 Å². The number of fused-ring (bicyclic) bond motifs is 3. The lowest BCUT2D eigenvalue weighted by atomic mass is 9.60. The van der Waals surface area contributed by atoms with E-state index in [-0.39, 0.29) is 41.7 Å². The lowest BCUT2D eigenvalue weighted by molar-refractivity contribution is -0.144. The fraction of sp³-hybridized carbons (Fsp3) is 0.300. The number of Topliss-reactive ketones (excluding diaryl/α,β-unsaturated/α-hetero) is 2. The van der Waals surface area contributed by atoms with Crippen molar-refractivity contribution in [1.29, 1.82) is 0 Å². The zero-order valence-corrected chi connectivity index (χ0v) is 21.4. The van der Waals surface area contributed by atoms with Crippen molar-refractivity contribution in [2.45, 2.75) is 38.2 Å². The molecule has 6 N–H and O–H groups in total. The van der Waals surface area contributed by atoms with Crippen LogP contribution < -0.4 is 10.5 Å². The number of ketones is 2. The number of aryl methyl sites for hydroxylation is 1. The monoisotopic (exact) mass is 529 g/mol. The molecule has 9 heteroatoms. The average Bonchev–Trinajstić information content (AvgIpc) is 2.90. The molecule has 5 rings (SSSR count). The van der Waals surface area contributed by atoms with Crippen LogP contribution in [0.4, 0.5) is 0 Å². The Morgan fingerprint density at radius 2 is 1.82 bits per heavy atom. The van der Waals surface area contributed by atoms with Crippen LogP contribution in [0.15, 0.2) is 53.0 Å². The molecule has 0 fully saturated rings. The summed E-state index contributed by atoms with van der Waals surface area (Å²) in [5, 5.41) is 44.1. The fourth-order valence-corrected chi connectivity index (χ4v) is 5.99. The van der Waals surface area contributed by atoms with Crippen molar-refractivity contribution < 1.29 is 39.5 Å². The second-order valence-corrected chi connectivity index (χ2v) is 10.0. The molecule has 3 aliphatic rings. The highest BCUT2D eigenvalue weighted by Gasteiger charge is 2.59. The Kier molecular flexibility index (Phi) is 6.24. The van der Waals surface area contributed by atoms with Crippen molar-refractivity contribution in [3.63, 3.8) is 0 Å². The van der Waals surface area contributed by atoms with Crippen LogP contribution in [0, 0.1) is 23.7 Å². The van der Waals surface area contributed by atoms with E-state index in [1.807, 2.05) is 6.92 Å². The Morgan fingerprint density at radius 3 is 2.44 bits per heavy atom. The van der Waals surface area contributed by atoms with E-state index in [0.717, 1.165) is 5.56 Å². The van der Waals surface area contributed by atoms with E-state index >= 15 is 0 Å². The first-order chi connectivity index (χ1) is 18.5. The molecule has 200 valence electrons. The van der Waals surface area contributed by atoms with Crippen molar-refractivity contribution in [1.82, 2.24) is 0 Å². The summed E-state index contributed by atoms with van der Waals surface area (Å²) in [5.74, 6) is 0.0166. The number of hydrogen-bond donors (Lipinski definition) is 5. The number of phenols is 1. The van der Waals surface area contributed by atoms with Gasteiger partial charge in [-0.2, -0.15) is 0 Å². The van der Waals surface area contributed by atoms with Gasteiger partial charge in [-0.05, 0) is 66.6 Å². The number of amides is 1. The van der Waals surface area contributed by atoms with E-state index in [0.29, 0.717) is 23.3 Å². The zero-order valence-electron chi connectivity index (χ0n) is 21.4. The van der Waals surface area contributed by atoms with Crippen LogP contribution in [0.2, 0.25) is 0 Å². The number of methoxy groups -OCH3 is 1. The minimum absolute atomic E-state index is 0.0370. The third-order valence-electron chi connectivity index (χ3n) is 7.97. The molecule has 0 bridgehead atoms. The van der Waals surface area contributed by atoms with Crippen molar-refractivity contribution in [3.8, 4) is 23.3 Å². The molecular weight excluding hydrogens is 502 g/mol. The largest absolute Gasteiger partial charge is 0.511 e. The second-order valence-electron chi connectivity index (χ2n) is 10.0. The number of carbonyl (C=O) groups excluding carboxylic acids is 3. The third-order valence-corrected chi connectivity index (χ3v) is 7.97. The van der Waals surface area contributed by atoms with Crippen LogP contribution in [0.1, 0.15) is 52.4 Å². The molecule has 2 aromatic rings. The Hall–Kier alpha value is -4.55. The smallest absolute Gasteiger partial charge is 0.255 e. The van der Waals surface area contributed by atoms with Crippen LogP contribution in [-0.4, -0.2) is 50.6 Å². The fourth-order valence-electron chi connectivity index (χ4n) is 5.99. The minimum atomic E-state index is -2.59. The van der Waals surface area contributed by atoms with Gasteiger partial charge in [0.2, 0.25) is 5.78 Å². The summed E-state index contributed by atoms with van der Waals surface area (Å²) in [6, 6.07) is 8.75. The molecule has 0 spiro atoms. The lowest BCUT2D eigenvalue weighted by Crippen LogP contribution is -2.57. The van der Waals surface area contributed by atoms with Gasteiger partial charge in [0, 0.05) is 23.5 Å². The number of hydrogen-bond acceptors (Lipinski definition) is 8. The number of benzene rings is 2. The molecule has 0 saturated heterocycles. The number of nitrogens with two attached hydrogens (primary N) is 1. The maximum absolute atomic E-state index is 13.8. The first kappa shape index (κ1) is 26.1. The molecular formula is C30H27NO8. The SMILES string of the molecule is CCc1cc(C#Cc2ccc(OC)cc2)c(O)c2c1C[C@H]1C[C@H]3CC(O)=C(C(N)=O)C(=O)[C@@]3(O)C(O)=C1C2=O. The van der Waals surface area contributed by atoms with Crippen LogP contribution in [0.25, 0.3) is 0 Å². The van der Waals surface area contributed by atoms with Crippen LogP contribution in [0.5, 0.6) is 11.5 Å². The third kappa shape index (κ3) is 3.87. The summed E-state index contributed by atoms with van der Waals surface area (Å²) in [6.45, 7) is 1.91. The molecule has 3 atom stereocenters. The number of primary amides is 1. The van der Waals surface area contributed by atoms with Crippen molar-refractivity contribution in [2.24, 2.45) is 17.6 Å². The molecule has 1 amide bonds. The van der Waals surface area contributed by atoms with Gasteiger partial charge in [-0.15, -0.1) is 0 Å². The highest BCUT2D eigenvalue weighted by molar-refractivity contribution is 6.24. The standard InChI is InChI=1S/C30H27NO8/c1-3-15-10-16(7-4-14-5-8-19(39-2)9-6-14)25(33)23-20(15)12-17-11-18-13-21(32)24(29(31)37)28(36)30(18,38)27(35)22(17)26(23)34/h5-6,8-10,17-18,32-33,35,38H,3,11-13H2,1-2H3,(H2,31,37)/t17-,18+,30+/m1/s1. The summed E-state index contributed by atoms with van der Waals surface area (Å²) < 4.78 is 5.15. The van der Waals surface area contributed by atoms with Gasteiger partial charge in [0.1, 0.15) is 28.6 Å². The summed E-state index contributed by atoms with van der Waals surface area (Å²) >= 11 is 0. The van der Waals surface area contributed by atoms with Gasteiger partial charge in [0.05, 0.1) is 18.2 Å². The molecule has 0 heterocycles. The Bertz CT molecular complexity index is 1570. The topological polar surface area (TPSA) is 167 Å². The Morgan fingerprint density at radius 1 is 1.13 bits per heavy atom.